The summed E-state index contributed by atoms with van der Waals surface area (Å²) in [5, 5.41) is 2.87. The normalized spacial score (nSPS) is 16.3. The van der Waals surface area contributed by atoms with Gasteiger partial charge in [-0.2, -0.15) is 18.1 Å². The third-order valence-electron chi connectivity index (χ3n) is 2.58. The van der Waals surface area contributed by atoms with E-state index < -0.39 is 5.60 Å². The van der Waals surface area contributed by atoms with Crippen LogP contribution >= 0.6 is 0 Å². The molecule has 0 unspecified atom stereocenters. The van der Waals surface area contributed by atoms with Crippen molar-refractivity contribution in [2.24, 2.45) is 0 Å². The molecule has 2 rings (SSSR count). The molecule has 1 aliphatic carbocycles. The number of ether oxygens (including phenoxy) is 1. The Labute approximate surface area is 141 Å². The largest absolute Gasteiger partial charge is 0.444 e. The summed E-state index contributed by atoms with van der Waals surface area (Å²) >= 11 is 0. The molecule has 1 N–H and O–H groups in total. The van der Waals surface area contributed by atoms with Gasteiger partial charge >= 0.3 is 6.09 Å². The summed E-state index contributed by atoms with van der Waals surface area (Å²) in [6, 6.07) is 8.21. The number of nitrogens with one attached hydrogen (secondary N) is 1. The van der Waals surface area contributed by atoms with Crippen LogP contribution in [0.1, 0.15) is 31.9 Å². The molecule has 0 bridgehead atoms. The quantitative estimate of drug-likeness (QED) is 0.800. The number of carbonyl (C=O) groups excluding carboxylic acids is 1. The Morgan fingerprint density at radius 1 is 1.37 bits per heavy atom. The van der Waals surface area contributed by atoms with Crippen molar-refractivity contribution in [1.29, 1.82) is 0 Å². The maximum atomic E-state index is 11.6. The zero-order chi connectivity index (χ0) is 12.5. The van der Waals surface area contributed by atoms with Gasteiger partial charge in [-0.25, -0.2) is 4.79 Å². The first-order valence-corrected chi connectivity index (χ1v) is 5.86. The van der Waals surface area contributed by atoms with Crippen LogP contribution in [0.25, 0.3) is 0 Å². The van der Waals surface area contributed by atoms with Gasteiger partial charge in [0.2, 0.25) is 0 Å². The predicted octanol–water partition coefficient (Wildman–Crippen LogP) is 3.14. The van der Waals surface area contributed by atoms with Gasteiger partial charge in [0.15, 0.2) is 0 Å². The summed E-state index contributed by atoms with van der Waals surface area (Å²) in [7, 11) is 0. The van der Waals surface area contributed by atoms with Crippen molar-refractivity contribution in [3.8, 4) is 0 Å². The van der Waals surface area contributed by atoms with Gasteiger partial charge in [-0.15, -0.1) is 17.7 Å². The van der Waals surface area contributed by atoms with E-state index in [1.165, 1.54) is 11.1 Å². The van der Waals surface area contributed by atoms with Gasteiger partial charge in [0, 0.05) is 38.8 Å². The second-order valence-electron chi connectivity index (χ2n) is 5.32. The van der Waals surface area contributed by atoms with E-state index >= 15 is 0 Å². The molecule has 3 nitrogen and oxygen atoms in total. The summed E-state index contributed by atoms with van der Waals surface area (Å²) < 4.78 is 5.23. The van der Waals surface area contributed by atoms with Crippen LogP contribution in [0, 0.1) is 13.8 Å². The molecule has 0 saturated carbocycles. The average Bonchev–Trinajstić information content (AvgIpc) is 2.55. The second-order valence-corrected chi connectivity index (χ2v) is 5.32. The monoisotopic (exact) mass is 336 g/mol. The van der Waals surface area contributed by atoms with Gasteiger partial charge in [-0.3, -0.25) is 0 Å². The summed E-state index contributed by atoms with van der Waals surface area (Å²) in [6.45, 7) is 5.58. The van der Waals surface area contributed by atoms with E-state index in [2.05, 4.69) is 23.9 Å². The van der Waals surface area contributed by atoms with E-state index in [0.29, 0.717) is 0 Å². The van der Waals surface area contributed by atoms with Crippen molar-refractivity contribution in [2.75, 3.05) is 0 Å². The summed E-state index contributed by atoms with van der Waals surface area (Å²) in [6.07, 6.45) is 2.56. The Hall–Kier alpha value is -0.536. The van der Waals surface area contributed by atoms with E-state index in [9.17, 15) is 4.79 Å². The van der Waals surface area contributed by atoms with Crippen molar-refractivity contribution in [2.45, 2.75) is 38.8 Å². The molecule has 0 spiro atoms. The smallest absolute Gasteiger partial charge is 0.407 e. The van der Waals surface area contributed by atoms with E-state index in [1.807, 2.05) is 32.9 Å². The minimum Gasteiger partial charge on any atom is -0.444 e. The van der Waals surface area contributed by atoms with E-state index in [1.54, 1.807) is 0 Å². The molecule has 0 fully saturated rings. The van der Waals surface area contributed by atoms with Crippen LogP contribution in [0.4, 0.5) is 4.79 Å². The Bertz CT molecular complexity index is 401. The Kier molecular flexibility index (Phi) is 7.09. The SMILES string of the molecule is CC(C)(C)OC(=O)N[C@H]1[CH-]c2ccccc2C1.[CH3-].[Y]. The number of fused-ring (bicyclic) bond motifs is 1. The van der Waals surface area contributed by atoms with Gasteiger partial charge in [-0.1, -0.05) is 12.5 Å². The Morgan fingerprint density at radius 2 is 2.00 bits per heavy atom. The first kappa shape index (κ1) is 18.5. The summed E-state index contributed by atoms with van der Waals surface area (Å²) in [5.74, 6) is 0. The van der Waals surface area contributed by atoms with Gasteiger partial charge < -0.3 is 17.5 Å². The molecule has 1 aromatic carbocycles. The van der Waals surface area contributed by atoms with Crippen molar-refractivity contribution < 1.29 is 42.2 Å². The van der Waals surface area contributed by atoms with Gasteiger partial charge in [0.05, 0.1) is 0 Å². The molecule has 19 heavy (non-hydrogen) atoms. The first-order valence-electron chi connectivity index (χ1n) is 5.86. The van der Waals surface area contributed by atoms with Crippen molar-refractivity contribution in [1.82, 2.24) is 5.32 Å². The fourth-order valence-corrected chi connectivity index (χ4v) is 1.95. The summed E-state index contributed by atoms with van der Waals surface area (Å²) in [4.78, 5) is 11.6. The van der Waals surface area contributed by atoms with E-state index in [-0.39, 0.29) is 52.3 Å². The molecule has 1 aliphatic rings. The zero-order valence-corrected chi connectivity index (χ0v) is 14.9. The first-order chi connectivity index (χ1) is 7.94. The predicted molar refractivity (Wildman–Crippen MR) is 73.1 cm³/mol. The van der Waals surface area contributed by atoms with Crippen LogP contribution in [0.5, 0.6) is 0 Å². The maximum absolute atomic E-state index is 11.6. The fraction of sp³-hybridized carbons (Fsp3) is 0.400. The van der Waals surface area contributed by atoms with Gasteiger partial charge in [-0.05, 0) is 20.8 Å². The molecule has 4 heteroatoms. The molecule has 1 aromatic rings. The Balaban J connectivity index is 0.00000162. The molecule has 0 aromatic heterocycles. The third-order valence-corrected chi connectivity index (χ3v) is 2.58. The molecular formula is C15H21NO2Y-2. The van der Waals surface area contributed by atoms with Crippen molar-refractivity contribution in [3.63, 3.8) is 0 Å². The van der Waals surface area contributed by atoms with Crippen LogP contribution in [0.2, 0.25) is 0 Å². The second kappa shape index (κ2) is 7.30. The van der Waals surface area contributed by atoms with Crippen LogP contribution in [-0.2, 0) is 43.9 Å². The molecule has 103 valence electrons. The number of benzene rings is 1. The minimum absolute atomic E-state index is 0. The van der Waals surface area contributed by atoms with Crippen LogP contribution in [0.15, 0.2) is 24.3 Å². The fourth-order valence-electron chi connectivity index (χ4n) is 1.95. The molecule has 1 radical (unpaired) electrons. The van der Waals surface area contributed by atoms with E-state index in [0.717, 1.165) is 6.42 Å². The van der Waals surface area contributed by atoms with Crippen molar-refractivity contribution >= 4 is 6.09 Å². The number of hydrogen-bond donors (Lipinski definition) is 1. The molecule has 1 atom stereocenters. The molecule has 0 saturated heterocycles. The summed E-state index contributed by atoms with van der Waals surface area (Å²) in [5.41, 5.74) is 2.03. The van der Waals surface area contributed by atoms with Gasteiger partial charge in [0.25, 0.3) is 0 Å². The van der Waals surface area contributed by atoms with Gasteiger partial charge in [0.1, 0.15) is 5.60 Å². The van der Waals surface area contributed by atoms with Crippen molar-refractivity contribution in [3.05, 3.63) is 49.2 Å². The van der Waals surface area contributed by atoms with Crippen LogP contribution in [0.3, 0.4) is 0 Å². The molecular weight excluding hydrogens is 315 g/mol. The number of hydrogen-bond acceptors (Lipinski definition) is 2. The number of amides is 1. The molecule has 1 amide bonds. The maximum Gasteiger partial charge on any atom is 0.407 e. The molecule has 0 aliphatic heterocycles. The van der Waals surface area contributed by atoms with E-state index in [4.69, 9.17) is 4.74 Å². The number of carbonyl (C=O) groups is 1. The average molecular weight is 336 g/mol. The number of alkyl carbamates (subject to hydrolysis) is 1. The minimum atomic E-state index is -0.449. The third kappa shape index (κ3) is 5.54. The Morgan fingerprint density at radius 3 is 2.58 bits per heavy atom. The molecule has 0 heterocycles. The zero-order valence-electron chi connectivity index (χ0n) is 12.1. The van der Waals surface area contributed by atoms with Crippen LogP contribution < -0.4 is 5.32 Å². The topological polar surface area (TPSA) is 38.3 Å². The number of rotatable bonds is 1. The van der Waals surface area contributed by atoms with Crippen LogP contribution in [-0.4, -0.2) is 17.7 Å². The standard InChI is InChI=1S/C14H18NO2.CH3.Y/c1-14(2,3)17-13(16)15-12-8-10-6-4-5-7-11(10)9-12;;/h4-8,12H,9H2,1-3H3,(H,15,16);1H3;/q2*-1;/t12-;;/m0../s1.